The van der Waals surface area contributed by atoms with Crippen molar-refractivity contribution in [1.82, 2.24) is 5.32 Å². The molecule has 1 amide bonds. The van der Waals surface area contributed by atoms with E-state index in [1.165, 1.54) is 19.2 Å². The maximum atomic E-state index is 12.8. The van der Waals surface area contributed by atoms with Gasteiger partial charge in [0.05, 0.1) is 18.7 Å². The van der Waals surface area contributed by atoms with Crippen molar-refractivity contribution in [1.29, 1.82) is 0 Å². The van der Waals surface area contributed by atoms with Gasteiger partial charge in [0.2, 0.25) is 5.91 Å². The molecule has 6 heteroatoms. The molecule has 1 unspecified atom stereocenters. The molecular weight excluding hydrogens is 259 g/mol. The topological polar surface area (TPSA) is 64.3 Å². The van der Waals surface area contributed by atoms with Gasteiger partial charge in [0, 0.05) is 7.11 Å². The number of nitrogens with one attached hydrogen (secondary N) is 1. The SMILES string of the molecule is COCC(NC(=O)[C@@H](C)N)c1ccc(F)cc1.Cl. The summed E-state index contributed by atoms with van der Waals surface area (Å²) in [6.07, 6.45) is 0. The van der Waals surface area contributed by atoms with Crippen molar-refractivity contribution in [2.75, 3.05) is 13.7 Å². The summed E-state index contributed by atoms with van der Waals surface area (Å²) in [4.78, 5) is 11.5. The highest BCUT2D eigenvalue weighted by atomic mass is 35.5. The molecule has 0 spiro atoms. The van der Waals surface area contributed by atoms with Crippen LogP contribution in [0.5, 0.6) is 0 Å². The molecule has 0 aromatic heterocycles. The molecule has 3 N–H and O–H groups in total. The van der Waals surface area contributed by atoms with Crippen LogP contribution in [0.15, 0.2) is 24.3 Å². The average molecular weight is 277 g/mol. The maximum absolute atomic E-state index is 12.8. The molecule has 18 heavy (non-hydrogen) atoms. The number of nitrogens with two attached hydrogens (primary N) is 1. The van der Waals surface area contributed by atoms with Crippen molar-refractivity contribution in [3.8, 4) is 0 Å². The molecule has 0 aliphatic rings. The Bertz CT molecular complexity index is 371. The number of halogens is 2. The Morgan fingerprint density at radius 3 is 2.44 bits per heavy atom. The van der Waals surface area contributed by atoms with E-state index in [0.717, 1.165) is 5.56 Å². The van der Waals surface area contributed by atoms with Gasteiger partial charge in [-0.1, -0.05) is 12.1 Å². The lowest BCUT2D eigenvalue weighted by Crippen LogP contribution is -2.41. The molecule has 0 aliphatic carbocycles. The Morgan fingerprint density at radius 2 is 2.00 bits per heavy atom. The van der Waals surface area contributed by atoms with Gasteiger partial charge in [0.25, 0.3) is 0 Å². The number of ether oxygens (including phenoxy) is 1. The van der Waals surface area contributed by atoms with E-state index in [-0.39, 0.29) is 30.2 Å². The van der Waals surface area contributed by atoms with Crippen molar-refractivity contribution < 1.29 is 13.9 Å². The van der Waals surface area contributed by atoms with Crippen LogP contribution in [0.2, 0.25) is 0 Å². The van der Waals surface area contributed by atoms with E-state index in [1.54, 1.807) is 19.1 Å². The second-order valence-corrected chi connectivity index (χ2v) is 3.86. The van der Waals surface area contributed by atoms with Gasteiger partial charge in [0.1, 0.15) is 5.82 Å². The minimum Gasteiger partial charge on any atom is -0.382 e. The third-order valence-corrected chi connectivity index (χ3v) is 2.34. The summed E-state index contributed by atoms with van der Waals surface area (Å²) in [6.45, 7) is 1.91. The van der Waals surface area contributed by atoms with Crippen molar-refractivity contribution >= 4 is 18.3 Å². The molecular formula is C12H18ClFN2O2. The third-order valence-electron chi connectivity index (χ3n) is 2.34. The first-order valence-electron chi connectivity index (χ1n) is 5.35. The number of methoxy groups -OCH3 is 1. The van der Waals surface area contributed by atoms with Gasteiger partial charge < -0.3 is 15.8 Å². The molecule has 102 valence electrons. The molecule has 0 fully saturated rings. The summed E-state index contributed by atoms with van der Waals surface area (Å²) in [6, 6.07) is 5.00. The Morgan fingerprint density at radius 1 is 1.44 bits per heavy atom. The average Bonchev–Trinajstić information content (AvgIpc) is 2.29. The van der Waals surface area contributed by atoms with Gasteiger partial charge in [0.15, 0.2) is 0 Å². The summed E-state index contributed by atoms with van der Waals surface area (Å²) in [5.41, 5.74) is 6.25. The number of rotatable bonds is 5. The molecule has 1 rings (SSSR count). The minimum atomic E-state index is -0.588. The fourth-order valence-electron chi connectivity index (χ4n) is 1.39. The van der Waals surface area contributed by atoms with Crippen LogP contribution < -0.4 is 11.1 Å². The number of benzene rings is 1. The van der Waals surface area contributed by atoms with Crippen molar-refractivity contribution in [3.63, 3.8) is 0 Å². The lowest BCUT2D eigenvalue weighted by Gasteiger charge is -2.19. The highest BCUT2D eigenvalue weighted by Gasteiger charge is 2.16. The first-order valence-corrected chi connectivity index (χ1v) is 5.35. The summed E-state index contributed by atoms with van der Waals surface area (Å²) in [5.74, 6) is -0.584. The van der Waals surface area contributed by atoms with E-state index in [0.29, 0.717) is 6.61 Å². The number of hydrogen-bond acceptors (Lipinski definition) is 3. The number of carbonyl (C=O) groups is 1. The zero-order valence-electron chi connectivity index (χ0n) is 10.4. The van der Waals surface area contributed by atoms with E-state index in [2.05, 4.69) is 5.32 Å². The van der Waals surface area contributed by atoms with Crippen LogP contribution in [0, 0.1) is 5.82 Å². The zero-order chi connectivity index (χ0) is 12.8. The smallest absolute Gasteiger partial charge is 0.237 e. The second kappa shape index (κ2) is 8.02. The molecule has 2 atom stereocenters. The van der Waals surface area contributed by atoms with E-state index < -0.39 is 6.04 Å². The molecule has 0 heterocycles. The Labute approximate surface area is 112 Å². The van der Waals surface area contributed by atoms with Gasteiger partial charge in [-0.3, -0.25) is 4.79 Å². The van der Waals surface area contributed by atoms with Gasteiger partial charge in [-0.15, -0.1) is 12.4 Å². The standard InChI is InChI=1S/C12H17FN2O2.ClH/c1-8(14)12(16)15-11(7-17-2)9-3-5-10(13)6-4-9;/h3-6,8,11H,7,14H2,1-2H3,(H,15,16);1H/t8-,11?;/m1./s1. The Hall–Kier alpha value is -1.17. The predicted molar refractivity (Wildman–Crippen MR) is 70.1 cm³/mol. The first-order chi connectivity index (χ1) is 8.04. The van der Waals surface area contributed by atoms with E-state index in [4.69, 9.17) is 10.5 Å². The minimum absolute atomic E-state index is 0. The summed E-state index contributed by atoms with van der Waals surface area (Å²) >= 11 is 0. The van der Waals surface area contributed by atoms with Gasteiger partial charge in [-0.05, 0) is 24.6 Å². The second-order valence-electron chi connectivity index (χ2n) is 3.86. The molecule has 0 bridgehead atoms. The lowest BCUT2D eigenvalue weighted by molar-refractivity contribution is -0.123. The van der Waals surface area contributed by atoms with Crippen LogP contribution in [-0.4, -0.2) is 25.7 Å². The van der Waals surface area contributed by atoms with Gasteiger partial charge in [-0.2, -0.15) is 0 Å². The first kappa shape index (κ1) is 16.8. The summed E-state index contributed by atoms with van der Waals surface area (Å²) in [5, 5.41) is 2.74. The quantitative estimate of drug-likeness (QED) is 0.854. The molecule has 0 saturated carbocycles. The van der Waals surface area contributed by atoms with Crippen molar-refractivity contribution in [3.05, 3.63) is 35.6 Å². The molecule has 1 aromatic rings. The highest BCUT2D eigenvalue weighted by Crippen LogP contribution is 2.14. The Balaban J connectivity index is 0.00000289. The maximum Gasteiger partial charge on any atom is 0.237 e. The van der Waals surface area contributed by atoms with Gasteiger partial charge >= 0.3 is 0 Å². The fraction of sp³-hybridized carbons (Fsp3) is 0.417. The molecule has 0 saturated heterocycles. The van der Waals surface area contributed by atoms with Crippen LogP contribution in [0.4, 0.5) is 4.39 Å². The van der Waals surface area contributed by atoms with E-state index in [1.807, 2.05) is 0 Å². The fourth-order valence-corrected chi connectivity index (χ4v) is 1.39. The van der Waals surface area contributed by atoms with Crippen molar-refractivity contribution in [2.24, 2.45) is 5.73 Å². The van der Waals surface area contributed by atoms with E-state index in [9.17, 15) is 9.18 Å². The predicted octanol–water partition coefficient (Wildman–Crippen LogP) is 1.40. The normalized spacial score (nSPS) is 13.3. The van der Waals surface area contributed by atoms with Crippen LogP contribution in [-0.2, 0) is 9.53 Å². The third kappa shape index (κ3) is 5.00. The van der Waals surface area contributed by atoms with Crippen LogP contribution in [0.1, 0.15) is 18.5 Å². The molecule has 4 nitrogen and oxygen atoms in total. The lowest BCUT2D eigenvalue weighted by atomic mass is 10.1. The van der Waals surface area contributed by atoms with Crippen LogP contribution in [0.25, 0.3) is 0 Å². The van der Waals surface area contributed by atoms with E-state index >= 15 is 0 Å². The van der Waals surface area contributed by atoms with Crippen LogP contribution in [0.3, 0.4) is 0 Å². The largest absolute Gasteiger partial charge is 0.382 e. The highest BCUT2D eigenvalue weighted by molar-refractivity contribution is 5.85. The number of carbonyl (C=O) groups excluding carboxylic acids is 1. The molecule has 0 radical (unpaired) electrons. The van der Waals surface area contributed by atoms with Crippen LogP contribution >= 0.6 is 12.4 Å². The number of amides is 1. The number of hydrogen-bond donors (Lipinski definition) is 2. The van der Waals surface area contributed by atoms with Crippen molar-refractivity contribution in [2.45, 2.75) is 19.0 Å². The monoisotopic (exact) mass is 276 g/mol. The van der Waals surface area contributed by atoms with Gasteiger partial charge in [-0.25, -0.2) is 4.39 Å². The Kier molecular flexibility index (Phi) is 7.50. The summed E-state index contributed by atoms with van der Waals surface area (Å²) < 4.78 is 17.8. The molecule has 0 aliphatic heterocycles. The molecule has 1 aromatic carbocycles. The summed E-state index contributed by atoms with van der Waals surface area (Å²) in [7, 11) is 1.54. The zero-order valence-corrected chi connectivity index (χ0v) is 11.2.